The molecule has 1 aromatic heterocycles. The molecule has 2 rings (SSSR count). The van der Waals surface area contributed by atoms with Gasteiger partial charge in [-0.25, -0.2) is 4.79 Å². The van der Waals surface area contributed by atoms with Gasteiger partial charge in [-0.15, -0.1) is 0 Å². The Morgan fingerprint density at radius 1 is 1.08 bits per heavy atom. The molecule has 25 heavy (non-hydrogen) atoms. The van der Waals surface area contributed by atoms with E-state index in [2.05, 4.69) is 21.2 Å². The Bertz CT molecular complexity index is 697. The third kappa shape index (κ3) is 6.50. The molecule has 2 aromatic rings. The van der Waals surface area contributed by atoms with Crippen LogP contribution in [0.4, 0.5) is 0 Å². The van der Waals surface area contributed by atoms with Gasteiger partial charge in [0.25, 0.3) is 5.91 Å². The van der Waals surface area contributed by atoms with Gasteiger partial charge in [-0.05, 0) is 59.3 Å². The predicted octanol–water partition coefficient (Wildman–Crippen LogP) is 2.79. The number of rotatable bonds is 9. The zero-order valence-corrected chi connectivity index (χ0v) is 15.2. The second kappa shape index (κ2) is 9.73. The van der Waals surface area contributed by atoms with Gasteiger partial charge in [0.15, 0.2) is 11.3 Å². The number of esters is 1. The van der Waals surface area contributed by atoms with E-state index in [1.54, 1.807) is 18.2 Å². The summed E-state index contributed by atoms with van der Waals surface area (Å²) in [6.45, 7) is 2.71. The van der Waals surface area contributed by atoms with Crippen LogP contribution in [0.25, 0.3) is 0 Å². The second-order valence-electron chi connectivity index (χ2n) is 4.78. The maximum absolute atomic E-state index is 11.6. The number of nitrogens with one attached hydrogen (secondary N) is 1. The topological polar surface area (TPSA) is 87.0 Å². The molecule has 0 spiro atoms. The van der Waals surface area contributed by atoms with Crippen LogP contribution < -0.4 is 14.8 Å². The molecule has 0 aliphatic heterocycles. The van der Waals surface area contributed by atoms with E-state index in [4.69, 9.17) is 18.6 Å². The van der Waals surface area contributed by atoms with Gasteiger partial charge in [-0.3, -0.25) is 4.79 Å². The van der Waals surface area contributed by atoms with Crippen molar-refractivity contribution in [2.24, 2.45) is 0 Å². The summed E-state index contributed by atoms with van der Waals surface area (Å²) in [6.07, 6.45) is 0. The minimum atomic E-state index is -0.702. The molecule has 1 aromatic carbocycles. The van der Waals surface area contributed by atoms with Gasteiger partial charge in [0.1, 0.15) is 18.1 Å². The van der Waals surface area contributed by atoms with E-state index in [-0.39, 0.29) is 18.9 Å². The number of furan rings is 1. The summed E-state index contributed by atoms with van der Waals surface area (Å²) in [7, 11) is 0. The summed E-state index contributed by atoms with van der Waals surface area (Å²) >= 11 is 3.08. The van der Waals surface area contributed by atoms with Crippen LogP contribution in [0.1, 0.15) is 17.5 Å². The van der Waals surface area contributed by atoms with Crippen LogP contribution in [0.3, 0.4) is 0 Å². The van der Waals surface area contributed by atoms with E-state index in [9.17, 15) is 9.59 Å². The van der Waals surface area contributed by atoms with Crippen molar-refractivity contribution < 1.29 is 28.2 Å². The SMILES string of the molecule is CCOc1ccc(OCCNC(=O)COC(=O)c2ccc(Br)o2)cc1. The first kappa shape index (κ1) is 18.9. The Labute approximate surface area is 153 Å². The molecule has 0 saturated carbocycles. The summed E-state index contributed by atoms with van der Waals surface area (Å²) < 4.78 is 21.1. The quantitative estimate of drug-likeness (QED) is 0.504. The normalized spacial score (nSPS) is 10.2. The molecule has 0 aliphatic carbocycles. The number of amides is 1. The maximum atomic E-state index is 11.6. The lowest BCUT2D eigenvalue weighted by Crippen LogP contribution is -2.32. The number of hydrogen-bond acceptors (Lipinski definition) is 6. The Hall–Kier alpha value is -2.48. The van der Waals surface area contributed by atoms with Crippen LogP contribution in [0, 0.1) is 0 Å². The van der Waals surface area contributed by atoms with E-state index in [1.807, 2.05) is 19.1 Å². The number of benzene rings is 1. The molecule has 1 amide bonds. The lowest BCUT2D eigenvalue weighted by atomic mass is 10.3. The molecule has 0 unspecified atom stereocenters. The highest BCUT2D eigenvalue weighted by Crippen LogP contribution is 2.17. The van der Waals surface area contributed by atoms with Crippen molar-refractivity contribution in [3.63, 3.8) is 0 Å². The van der Waals surface area contributed by atoms with Crippen LogP contribution >= 0.6 is 15.9 Å². The molecule has 0 fully saturated rings. The third-order valence-electron chi connectivity index (χ3n) is 2.94. The molecule has 0 bridgehead atoms. The van der Waals surface area contributed by atoms with Crippen molar-refractivity contribution in [1.82, 2.24) is 5.32 Å². The van der Waals surface area contributed by atoms with Gasteiger partial charge >= 0.3 is 5.97 Å². The van der Waals surface area contributed by atoms with Gasteiger partial charge in [-0.2, -0.15) is 0 Å². The minimum Gasteiger partial charge on any atom is -0.494 e. The Morgan fingerprint density at radius 3 is 2.36 bits per heavy atom. The summed E-state index contributed by atoms with van der Waals surface area (Å²) in [6, 6.07) is 10.2. The fourth-order valence-corrected chi connectivity index (χ4v) is 2.14. The average Bonchev–Trinajstić information content (AvgIpc) is 3.05. The first-order chi connectivity index (χ1) is 12.1. The molecule has 134 valence electrons. The third-order valence-corrected chi connectivity index (χ3v) is 3.36. The van der Waals surface area contributed by atoms with Gasteiger partial charge in [0, 0.05) is 0 Å². The zero-order valence-electron chi connectivity index (χ0n) is 13.6. The van der Waals surface area contributed by atoms with Crippen molar-refractivity contribution in [1.29, 1.82) is 0 Å². The van der Waals surface area contributed by atoms with E-state index >= 15 is 0 Å². The molecule has 8 heteroatoms. The minimum absolute atomic E-state index is 0.0264. The summed E-state index contributed by atoms with van der Waals surface area (Å²) in [5.74, 6) is 0.348. The van der Waals surface area contributed by atoms with Crippen molar-refractivity contribution in [3.8, 4) is 11.5 Å². The summed E-state index contributed by atoms with van der Waals surface area (Å²) in [4.78, 5) is 23.2. The summed E-state index contributed by atoms with van der Waals surface area (Å²) in [5.41, 5.74) is 0. The van der Waals surface area contributed by atoms with Crippen molar-refractivity contribution in [2.45, 2.75) is 6.92 Å². The van der Waals surface area contributed by atoms with E-state index in [0.717, 1.165) is 5.75 Å². The molecule has 0 saturated heterocycles. The van der Waals surface area contributed by atoms with Crippen molar-refractivity contribution in [2.75, 3.05) is 26.4 Å². The monoisotopic (exact) mass is 411 g/mol. The number of carbonyl (C=O) groups is 2. The second-order valence-corrected chi connectivity index (χ2v) is 5.56. The number of hydrogen-bond donors (Lipinski definition) is 1. The zero-order chi connectivity index (χ0) is 18.1. The smallest absolute Gasteiger partial charge is 0.374 e. The molecule has 0 atom stereocenters. The number of carbonyl (C=O) groups excluding carboxylic acids is 2. The molecule has 1 N–H and O–H groups in total. The number of ether oxygens (including phenoxy) is 3. The van der Waals surface area contributed by atoms with Crippen LogP contribution in [-0.2, 0) is 9.53 Å². The fraction of sp³-hybridized carbons (Fsp3) is 0.294. The van der Waals surface area contributed by atoms with Gasteiger partial charge in [0.05, 0.1) is 13.2 Å². The van der Waals surface area contributed by atoms with E-state index < -0.39 is 11.9 Å². The lowest BCUT2D eigenvalue weighted by molar-refractivity contribution is -0.124. The Morgan fingerprint density at radius 2 is 1.76 bits per heavy atom. The largest absolute Gasteiger partial charge is 0.494 e. The van der Waals surface area contributed by atoms with Crippen LogP contribution in [-0.4, -0.2) is 38.2 Å². The molecular formula is C17H18BrNO6. The van der Waals surface area contributed by atoms with Gasteiger partial charge < -0.3 is 23.9 Å². The highest BCUT2D eigenvalue weighted by Gasteiger charge is 2.13. The highest BCUT2D eigenvalue weighted by molar-refractivity contribution is 9.10. The van der Waals surface area contributed by atoms with Crippen LogP contribution in [0.5, 0.6) is 11.5 Å². The van der Waals surface area contributed by atoms with Gasteiger partial charge in [-0.1, -0.05) is 0 Å². The predicted molar refractivity (Wildman–Crippen MR) is 92.8 cm³/mol. The Balaban J connectivity index is 1.61. The van der Waals surface area contributed by atoms with E-state index in [1.165, 1.54) is 6.07 Å². The first-order valence-corrected chi connectivity index (χ1v) is 8.42. The lowest BCUT2D eigenvalue weighted by Gasteiger charge is -2.09. The van der Waals surface area contributed by atoms with Crippen molar-refractivity contribution in [3.05, 3.63) is 46.8 Å². The maximum Gasteiger partial charge on any atom is 0.374 e. The first-order valence-electron chi connectivity index (χ1n) is 7.63. The van der Waals surface area contributed by atoms with E-state index in [0.29, 0.717) is 23.6 Å². The van der Waals surface area contributed by atoms with Crippen molar-refractivity contribution >= 4 is 27.8 Å². The molecule has 7 nitrogen and oxygen atoms in total. The molecule has 0 radical (unpaired) electrons. The summed E-state index contributed by atoms with van der Waals surface area (Å²) in [5, 5.41) is 2.59. The molecular weight excluding hydrogens is 394 g/mol. The Kier molecular flexibility index (Phi) is 7.34. The standard InChI is InChI=1S/C17H18BrNO6/c1-2-22-12-3-5-13(6-4-12)23-10-9-19-16(20)11-24-17(21)14-7-8-15(18)25-14/h3-8H,2,9-11H2,1H3,(H,19,20). The number of halogens is 1. The van der Waals surface area contributed by atoms with Crippen LogP contribution in [0.2, 0.25) is 0 Å². The molecule has 1 heterocycles. The van der Waals surface area contributed by atoms with Crippen LogP contribution in [0.15, 0.2) is 45.5 Å². The molecule has 0 aliphatic rings. The highest BCUT2D eigenvalue weighted by atomic mass is 79.9. The fourth-order valence-electron chi connectivity index (χ4n) is 1.84. The average molecular weight is 412 g/mol. The van der Waals surface area contributed by atoms with Gasteiger partial charge in [0.2, 0.25) is 5.76 Å².